The number of halogens is 2. The zero-order valence-corrected chi connectivity index (χ0v) is 16.3. The summed E-state index contributed by atoms with van der Waals surface area (Å²) in [6.07, 6.45) is 6.65. The van der Waals surface area contributed by atoms with Crippen LogP contribution in [0.4, 0.5) is 14.5 Å². The predicted octanol–water partition coefficient (Wildman–Crippen LogP) is 4.28. The lowest BCUT2D eigenvalue weighted by Gasteiger charge is -2.06. The van der Waals surface area contributed by atoms with Gasteiger partial charge in [-0.1, -0.05) is 18.2 Å². The molecule has 1 heterocycles. The number of carbonyl (C=O) groups is 2. The molecule has 0 saturated heterocycles. The fourth-order valence-corrected chi connectivity index (χ4v) is 2.75. The van der Waals surface area contributed by atoms with Gasteiger partial charge >= 0.3 is 0 Å². The first-order valence-electron chi connectivity index (χ1n) is 8.98. The summed E-state index contributed by atoms with van der Waals surface area (Å²) in [5.74, 6) is -2.23. The fraction of sp³-hybridized carbons (Fsp3) is 0.300. The molecule has 1 aromatic carbocycles. The SMILES string of the molecule is C/C=C\C1CC1C(C)=N.CNC(=O)c1[nH]ncc1NC(=O)c1c(F)cccc1F.[HH].[HH].[HH]. The molecule has 0 spiro atoms. The van der Waals surface area contributed by atoms with Crippen molar-refractivity contribution in [1.82, 2.24) is 15.5 Å². The highest BCUT2D eigenvalue weighted by Crippen LogP contribution is 2.40. The van der Waals surface area contributed by atoms with Gasteiger partial charge in [0.15, 0.2) is 0 Å². The van der Waals surface area contributed by atoms with Crippen LogP contribution in [0, 0.1) is 28.9 Å². The maximum absolute atomic E-state index is 13.5. The van der Waals surface area contributed by atoms with Gasteiger partial charge in [-0.25, -0.2) is 8.78 Å². The Hall–Kier alpha value is -3.36. The number of aromatic nitrogens is 2. The number of hydrogen-bond donors (Lipinski definition) is 4. The van der Waals surface area contributed by atoms with E-state index in [1.807, 2.05) is 13.8 Å². The Labute approximate surface area is 171 Å². The Morgan fingerprint density at radius 2 is 1.97 bits per heavy atom. The maximum atomic E-state index is 13.5. The second kappa shape index (κ2) is 9.72. The van der Waals surface area contributed by atoms with Crippen LogP contribution < -0.4 is 10.6 Å². The molecule has 3 rings (SSSR count). The molecule has 1 aromatic heterocycles. The van der Waals surface area contributed by atoms with E-state index in [0.29, 0.717) is 11.8 Å². The molecule has 1 aliphatic rings. The van der Waals surface area contributed by atoms with Crippen LogP contribution in [0.2, 0.25) is 0 Å². The summed E-state index contributed by atoms with van der Waals surface area (Å²) >= 11 is 0. The average molecular weight is 409 g/mol. The van der Waals surface area contributed by atoms with E-state index in [2.05, 4.69) is 33.0 Å². The summed E-state index contributed by atoms with van der Waals surface area (Å²) in [5, 5.41) is 17.8. The lowest BCUT2D eigenvalue weighted by atomic mass is 10.2. The molecule has 7 nitrogen and oxygen atoms in total. The number of hydrogen-bond acceptors (Lipinski definition) is 4. The smallest absolute Gasteiger partial charge is 0.271 e. The molecule has 1 fully saturated rings. The number of H-pyrrole nitrogens is 1. The minimum absolute atomic E-state index is 0. The van der Waals surface area contributed by atoms with E-state index in [4.69, 9.17) is 5.41 Å². The number of nitrogens with one attached hydrogen (secondary N) is 4. The molecular formula is C20H29F2N5O2. The summed E-state index contributed by atoms with van der Waals surface area (Å²) in [6, 6.07) is 3.08. The van der Waals surface area contributed by atoms with Crippen molar-refractivity contribution in [3.05, 3.63) is 59.4 Å². The molecule has 2 unspecified atom stereocenters. The van der Waals surface area contributed by atoms with Gasteiger partial charge in [0.1, 0.15) is 22.9 Å². The van der Waals surface area contributed by atoms with Crippen LogP contribution in [0.15, 0.2) is 36.5 Å². The molecule has 0 radical (unpaired) electrons. The number of amides is 2. The van der Waals surface area contributed by atoms with Crippen LogP contribution in [-0.4, -0.2) is 34.8 Å². The number of aromatic amines is 1. The van der Waals surface area contributed by atoms with Crippen LogP contribution in [-0.2, 0) is 0 Å². The van der Waals surface area contributed by atoms with Gasteiger partial charge in [0, 0.05) is 23.0 Å². The molecule has 29 heavy (non-hydrogen) atoms. The topological polar surface area (TPSA) is 111 Å². The van der Waals surface area contributed by atoms with E-state index in [9.17, 15) is 18.4 Å². The first kappa shape index (κ1) is 21.9. The van der Waals surface area contributed by atoms with Gasteiger partial charge < -0.3 is 16.0 Å². The minimum Gasteiger partial charge on any atom is -0.354 e. The van der Waals surface area contributed by atoms with E-state index in [-0.39, 0.29) is 15.7 Å². The highest BCUT2D eigenvalue weighted by molar-refractivity contribution is 6.08. The first-order valence-corrected chi connectivity index (χ1v) is 8.98. The van der Waals surface area contributed by atoms with Crippen molar-refractivity contribution < 1.29 is 22.6 Å². The zero-order chi connectivity index (χ0) is 21.6. The van der Waals surface area contributed by atoms with Crippen LogP contribution in [0.3, 0.4) is 0 Å². The fourth-order valence-electron chi connectivity index (χ4n) is 2.75. The third-order valence-corrected chi connectivity index (χ3v) is 4.37. The molecule has 9 heteroatoms. The van der Waals surface area contributed by atoms with Crippen LogP contribution in [0.25, 0.3) is 0 Å². The monoisotopic (exact) mass is 409 g/mol. The average Bonchev–Trinajstić information content (AvgIpc) is 3.30. The lowest BCUT2D eigenvalue weighted by Crippen LogP contribution is -2.22. The molecule has 2 atom stereocenters. The van der Waals surface area contributed by atoms with E-state index in [1.54, 1.807) is 0 Å². The molecule has 0 aliphatic heterocycles. The van der Waals surface area contributed by atoms with E-state index >= 15 is 0 Å². The first-order chi connectivity index (χ1) is 13.8. The van der Waals surface area contributed by atoms with E-state index < -0.39 is 29.0 Å². The van der Waals surface area contributed by atoms with Crippen molar-refractivity contribution in [2.24, 2.45) is 11.8 Å². The second-order valence-corrected chi connectivity index (χ2v) is 6.50. The van der Waals surface area contributed by atoms with Crippen LogP contribution in [0.5, 0.6) is 0 Å². The summed E-state index contributed by atoms with van der Waals surface area (Å²) < 4.78 is 26.9. The number of allylic oxidation sites excluding steroid dienone is 2. The molecule has 1 saturated carbocycles. The van der Waals surface area contributed by atoms with Crippen molar-refractivity contribution in [2.45, 2.75) is 20.3 Å². The van der Waals surface area contributed by atoms with E-state index in [0.717, 1.165) is 23.9 Å². The van der Waals surface area contributed by atoms with Crippen LogP contribution in [0.1, 0.15) is 45.4 Å². The van der Waals surface area contributed by atoms with E-state index in [1.165, 1.54) is 19.7 Å². The van der Waals surface area contributed by atoms with Crippen molar-refractivity contribution >= 4 is 23.2 Å². The Balaban J connectivity index is 0. The molecular weight excluding hydrogens is 380 g/mol. The highest BCUT2D eigenvalue weighted by atomic mass is 19.1. The Bertz CT molecular complexity index is 933. The summed E-state index contributed by atoms with van der Waals surface area (Å²) in [7, 11) is 1.39. The summed E-state index contributed by atoms with van der Waals surface area (Å²) in [5.41, 5.74) is 0.129. The van der Waals surface area contributed by atoms with Gasteiger partial charge in [-0.3, -0.25) is 14.7 Å². The normalized spacial score (nSPS) is 17.3. The molecule has 4 N–H and O–H groups in total. The Morgan fingerprint density at radius 1 is 1.31 bits per heavy atom. The number of nitrogens with zero attached hydrogens (tertiary/aromatic N) is 1. The molecule has 0 bridgehead atoms. The zero-order valence-electron chi connectivity index (χ0n) is 16.3. The van der Waals surface area contributed by atoms with Gasteiger partial charge in [-0.2, -0.15) is 5.10 Å². The number of anilines is 1. The number of rotatable bonds is 5. The van der Waals surface area contributed by atoms with Gasteiger partial charge in [-0.05, 0) is 38.3 Å². The molecule has 1 aliphatic carbocycles. The molecule has 2 aromatic rings. The van der Waals surface area contributed by atoms with Crippen LogP contribution >= 0.6 is 0 Å². The number of carbonyl (C=O) groups excluding carboxylic acids is 2. The third-order valence-electron chi connectivity index (χ3n) is 4.37. The largest absolute Gasteiger partial charge is 0.354 e. The highest BCUT2D eigenvalue weighted by Gasteiger charge is 2.35. The maximum Gasteiger partial charge on any atom is 0.271 e. The molecule has 2 amide bonds. The van der Waals surface area contributed by atoms with Crippen molar-refractivity contribution in [3.8, 4) is 0 Å². The van der Waals surface area contributed by atoms with Gasteiger partial charge in [0.25, 0.3) is 11.8 Å². The van der Waals surface area contributed by atoms with Crippen molar-refractivity contribution in [1.29, 1.82) is 5.41 Å². The lowest BCUT2D eigenvalue weighted by molar-refractivity contribution is 0.0959. The van der Waals surface area contributed by atoms with Crippen molar-refractivity contribution in [2.75, 3.05) is 12.4 Å². The quantitative estimate of drug-likeness (QED) is 0.437. The summed E-state index contributed by atoms with van der Waals surface area (Å²) in [4.78, 5) is 23.3. The van der Waals surface area contributed by atoms with Gasteiger partial charge in [-0.15, -0.1) is 0 Å². The second-order valence-electron chi connectivity index (χ2n) is 6.50. The Morgan fingerprint density at radius 3 is 2.48 bits per heavy atom. The predicted molar refractivity (Wildman–Crippen MR) is 112 cm³/mol. The van der Waals surface area contributed by atoms with Gasteiger partial charge in [0.05, 0.1) is 11.9 Å². The third kappa shape index (κ3) is 5.56. The van der Waals surface area contributed by atoms with Crippen molar-refractivity contribution in [3.63, 3.8) is 0 Å². The van der Waals surface area contributed by atoms with Gasteiger partial charge in [0.2, 0.25) is 0 Å². The summed E-state index contributed by atoms with van der Waals surface area (Å²) in [6.45, 7) is 3.93. The molecule has 160 valence electrons. The standard InChI is InChI=1S/C12H10F2N4O2.C8H13N.3H2/c1-15-12(20)10-8(5-16-18-10)17-11(19)9-6(13)3-2-4-7(9)14;1-3-4-7-5-8(7)6(2)9;;;/h2-5H,1H3,(H,15,20)(H,16,18)(H,17,19);3-4,7-9H,5H2,1-2H3;3*1H/b;4-3-,9-6?;;;. The number of benzene rings is 1. The minimum atomic E-state index is -1.01. The Kier molecular flexibility index (Phi) is 7.35.